The van der Waals surface area contributed by atoms with E-state index in [1.54, 1.807) is 38.1 Å². The van der Waals surface area contributed by atoms with Crippen LogP contribution >= 0.6 is 0 Å². The van der Waals surface area contributed by atoms with Gasteiger partial charge in [0.15, 0.2) is 11.6 Å². The summed E-state index contributed by atoms with van der Waals surface area (Å²) >= 11 is 0. The zero-order valence-corrected chi connectivity index (χ0v) is 32.3. The van der Waals surface area contributed by atoms with Crippen LogP contribution in [0.5, 0.6) is 23.0 Å². The Hall–Kier alpha value is -5.52. The summed E-state index contributed by atoms with van der Waals surface area (Å²) < 4.78 is 61.5. The average Bonchev–Trinajstić information content (AvgIpc) is 3.17. The van der Waals surface area contributed by atoms with Crippen molar-refractivity contribution in [2.45, 2.75) is 90.9 Å². The van der Waals surface area contributed by atoms with Crippen LogP contribution in [0.1, 0.15) is 112 Å². The molecule has 10 nitrogen and oxygen atoms in total. The number of ether oxygens (including phenoxy) is 6. The minimum atomic E-state index is -1.22. The molecular weight excluding hydrogens is 726 g/mol. The van der Waals surface area contributed by atoms with E-state index in [1.165, 1.54) is 24.3 Å². The molecular formula is C44H52F2O10. The minimum absolute atomic E-state index is 0.0560. The molecule has 0 aliphatic carbocycles. The van der Waals surface area contributed by atoms with Gasteiger partial charge >= 0.3 is 23.9 Å². The summed E-state index contributed by atoms with van der Waals surface area (Å²) in [6.45, 7) is 12.1. The van der Waals surface area contributed by atoms with E-state index in [0.717, 1.165) is 89.2 Å². The Morgan fingerprint density at radius 2 is 0.821 bits per heavy atom. The smallest absolute Gasteiger partial charge is 0.343 e. The maximum atomic E-state index is 14.8. The number of rotatable bonds is 26. The lowest BCUT2D eigenvalue weighted by Crippen LogP contribution is -2.12. The van der Waals surface area contributed by atoms with Crippen molar-refractivity contribution in [2.24, 2.45) is 0 Å². The number of halogens is 2. The normalized spacial score (nSPS) is 10.6. The second-order valence-electron chi connectivity index (χ2n) is 13.3. The second kappa shape index (κ2) is 24.8. The third-order valence-corrected chi connectivity index (χ3v) is 8.34. The Bertz CT molecular complexity index is 1730. The van der Waals surface area contributed by atoms with E-state index < -0.39 is 35.1 Å². The quantitative estimate of drug-likeness (QED) is 0.0337. The maximum absolute atomic E-state index is 14.8. The van der Waals surface area contributed by atoms with Crippen molar-refractivity contribution in [3.05, 3.63) is 108 Å². The summed E-state index contributed by atoms with van der Waals surface area (Å²) in [6.07, 6.45) is 11.3. The van der Waals surface area contributed by atoms with Gasteiger partial charge in [-0.05, 0) is 88.1 Å². The van der Waals surface area contributed by atoms with Gasteiger partial charge in [0.2, 0.25) is 5.75 Å². The van der Waals surface area contributed by atoms with Gasteiger partial charge in [0.05, 0.1) is 37.6 Å². The molecule has 12 heteroatoms. The zero-order valence-electron chi connectivity index (χ0n) is 32.3. The van der Waals surface area contributed by atoms with Crippen LogP contribution in [0.2, 0.25) is 0 Å². The van der Waals surface area contributed by atoms with Crippen molar-refractivity contribution < 1.29 is 56.4 Å². The van der Waals surface area contributed by atoms with Crippen molar-refractivity contribution >= 4 is 23.9 Å². The minimum Gasteiger partial charge on any atom is -0.494 e. The predicted octanol–water partition coefficient (Wildman–Crippen LogP) is 10.1. The first-order chi connectivity index (χ1) is 26.9. The fourth-order valence-corrected chi connectivity index (χ4v) is 5.16. The molecule has 0 saturated heterocycles. The standard InChI is InChI=1S/C44H52F2O10/c1-31(2)41(47)53-27-15-11-7-5-9-13-25-51-35-21-17-33(18-22-35)43(49)55-37-29-38(45)40(39(46)30-37)56-44(50)34-19-23-36(24-20-34)52-26-14-10-6-8-12-16-28-54-42(48)32(3)4/h17-24,29-30H,1,3,5-16,25-28H2,2,4H3. The Morgan fingerprint density at radius 1 is 0.482 bits per heavy atom. The molecule has 0 atom stereocenters. The number of hydrogen-bond donors (Lipinski definition) is 0. The number of unbranched alkanes of at least 4 members (excludes halogenated alkanes) is 10. The molecule has 0 saturated carbocycles. The zero-order chi connectivity index (χ0) is 40.7. The molecule has 0 heterocycles. The van der Waals surface area contributed by atoms with Crippen LogP contribution in [0, 0.1) is 11.6 Å². The van der Waals surface area contributed by atoms with E-state index in [0.29, 0.717) is 49.1 Å². The molecule has 0 aliphatic heterocycles. The number of hydrogen-bond acceptors (Lipinski definition) is 10. The Morgan fingerprint density at radius 3 is 1.20 bits per heavy atom. The molecule has 3 aromatic carbocycles. The highest BCUT2D eigenvalue weighted by atomic mass is 19.1. The second-order valence-corrected chi connectivity index (χ2v) is 13.3. The number of esters is 4. The lowest BCUT2D eigenvalue weighted by Gasteiger charge is -2.11. The van der Waals surface area contributed by atoms with Gasteiger partial charge < -0.3 is 28.4 Å². The highest BCUT2D eigenvalue weighted by Gasteiger charge is 2.20. The van der Waals surface area contributed by atoms with Crippen molar-refractivity contribution in [3.63, 3.8) is 0 Å². The van der Waals surface area contributed by atoms with Gasteiger partial charge in [-0.25, -0.2) is 28.0 Å². The highest BCUT2D eigenvalue weighted by Crippen LogP contribution is 2.29. The summed E-state index contributed by atoms with van der Waals surface area (Å²) in [7, 11) is 0. The first-order valence-electron chi connectivity index (χ1n) is 19.0. The van der Waals surface area contributed by atoms with Crippen LogP contribution in [-0.4, -0.2) is 50.3 Å². The Balaban J connectivity index is 1.33. The van der Waals surface area contributed by atoms with Crippen molar-refractivity contribution in [1.29, 1.82) is 0 Å². The molecule has 56 heavy (non-hydrogen) atoms. The molecule has 3 aromatic rings. The first kappa shape index (κ1) is 44.9. The molecule has 0 fully saturated rings. The van der Waals surface area contributed by atoms with Crippen molar-refractivity contribution in [1.82, 2.24) is 0 Å². The van der Waals surface area contributed by atoms with E-state index in [4.69, 9.17) is 28.4 Å². The molecule has 0 spiro atoms. The molecule has 0 aliphatic rings. The topological polar surface area (TPSA) is 124 Å². The van der Waals surface area contributed by atoms with Gasteiger partial charge in [-0.3, -0.25) is 0 Å². The van der Waals surface area contributed by atoms with E-state index >= 15 is 0 Å². The Kier molecular flexibility index (Phi) is 19.9. The van der Waals surface area contributed by atoms with Gasteiger partial charge in [-0.1, -0.05) is 64.5 Å². The largest absolute Gasteiger partial charge is 0.494 e. The van der Waals surface area contributed by atoms with Gasteiger partial charge in [0.25, 0.3) is 0 Å². The highest BCUT2D eigenvalue weighted by molar-refractivity contribution is 5.92. The summed E-state index contributed by atoms with van der Waals surface area (Å²) in [5, 5.41) is 0. The molecule has 3 rings (SSSR count). The predicted molar refractivity (Wildman–Crippen MR) is 207 cm³/mol. The third-order valence-electron chi connectivity index (χ3n) is 8.34. The summed E-state index contributed by atoms with van der Waals surface area (Å²) in [5.41, 5.74) is 0.989. The maximum Gasteiger partial charge on any atom is 0.343 e. The SMILES string of the molecule is C=C(C)C(=O)OCCCCCCCCOc1ccc(C(=O)Oc2cc(F)c(OC(=O)c3ccc(OCCCCCCCCOC(=O)C(=C)C)cc3)c(F)c2)cc1. The summed E-state index contributed by atoms with van der Waals surface area (Å²) in [4.78, 5) is 48.0. The third kappa shape index (κ3) is 16.9. The van der Waals surface area contributed by atoms with Crippen LogP contribution in [-0.2, 0) is 19.1 Å². The molecule has 0 radical (unpaired) electrons. The fraction of sp³-hybridized carbons (Fsp3) is 0.409. The van der Waals surface area contributed by atoms with E-state index in [1.807, 2.05) is 0 Å². The van der Waals surface area contributed by atoms with E-state index in [9.17, 15) is 28.0 Å². The summed E-state index contributed by atoms with van der Waals surface area (Å²) in [6, 6.07) is 13.7. The molecule has 0 bridgehead atoms. The molecule has 0 unspecified atom stereocenters. The van der Waals surface area contributed by atoms with E-state index in [-0.39, 0.29) is 23.1 Å². The van der Waals surface area contributed by atoms with Crippen LogP contribution in [0.25, 0.3) is 0 Å². The van der Waals surface area contributed by atoms with Gasteiger partial charge in [-0.15, -0.1) is 0 Å². The van der Waals surface area contributed by atoms with Crippen LogP contribution < -0.4 is 18.9 Å². The van der Waals surface area contributed by atoms with Crippen molar-refractivity contribution in [2.75, 3.05) is 26.4 Å². The molecule has 0 aromatic heterocycles. The van der Waals surface area contributed by atoms with Gasteiger partial charge in [0.1, 0.15) is 17.2 Å². The fourth-order valence-electron chi connectivity index (χ4n) is 5.16. The molecule has 302 valence electrons. The lowest BCUT2D eigenvalue weighted by molar-refractivity contribution is -0.139. The monoisotopic (exact) mass is 778 g/mol. The summed E-state index contributed by atoms with van der Waals surface area (Å²) in [5.74, 6) is -5.23. The average molecular weight is 779 g/mol. The number of carbonyl (C=O) groups is 4. The Labute approximate surface area is 327 Å². The van der Waals surface area contributed by atoms with Gasteiger partial charge in [0, 0.05) is 23.3 Å². The lowest BCUT2D eigenvalue weighted by atomic mass is 10.1. The number of benzene rings is 3. The van der Waals surface area contributed by atoms with Crippen molar-refractivity contribution in [3.8, 4) is 23.0 Å². The molecule has 0 N–H and O–H groups in total. The number of carbonyl (C=O) groups excluding carboxylic acids is 4. The molecule has 0 amide bonds. The van der Waals surface area contributed by atoms with E-state index in [2.05, 4.69) is 13.2 Å². The first-order valence-corrected chi connectivity index (χ1v) is 19.0. The van der Waals surface area contributed by atoms with Gasteiger partial charge in [-0.2, -0.15) is 0 Å². The van der Waals surface area contributed by atoms with Crippen LogP contribution in [0.3, 0.4) is 0 Å². The van der Waals surface area contributed by atoms with Crippen LogP contribution in [0.15, 0.2) is 85.0 Å². The van der Waals surface area contributed by atoms with Crippen LogP contribution in [0.4, 0.5) is 8.78 Å².